The highest BCUT2D eigenvalue weighted by Crippen LogP contribution is 2.57. The van der Waals surface area contributed by atoms with Gasteiger partial charge in [0.15, 0.2) is 0 Å². The molecule has 1 aliphatic heterocycles. The van der Waals surface area contributed by atoms with Gasteiger partial charge in [-0.1, -0.05) is 0 Å². The lowest BCUT2D eigenvalue weighted by atomic mass is 9.65. The molecule has 0 saturated heterocycles. The predicted molar refractivity (Wildman–Crippen MR) is 97.6 cm³/mol. The number of fused-ring (bicyclic) bond motifs is 3. The van der Waals surface area contributed by atoms with E-state index < -0.39 is 0 Å². The first-order chi connectivity index (χ1) is 11.8. The molecule has 1 heterocycles. The molecule has 4 nitrogen and oxygen atoms in total. The average molecular weight is 343 g/mol. The van der Waals surface area contributed by atoms with E-state index in [4.69, 9.17) is 9.47 Å². The number of hydrogen-bond acceptors (Lipinski definition) is 4. The van der Waals surface area contributed by atoms with Crippen molar-refractivity contribution < 1.29 is 14.3 Å². The lowest BCUT2D eigenvalue weighted by molar-refractivity contribution is -0.135. The van der Waals surface area contributed by atoms with Crippen molar-refractivity contribution in [1.82, 2.24) is 4.90 Å². The van der Waals surface area contributed by atoms with Gasteiger partial charge in [-0.05, 0) is 89.9 Å². The monoisotopic (exact) mass is 343 g/mol. The second kappa shape index (κ2) is 6.01. The van der Waals surface area contributed by atoms with Crippen LogP contribution in [0.2, 0.25) is 0 Å². The Morgan fingerprint density at radius 1 is 1.20 bits per heavy atom. The molecule has 1 fully saturated rings. The molecule has 2 bridgehead atoms. The van der Waals surface area contributed by atoms with E-state index in [0.29, 0.717) is 18.4 Å². The normalized spacial score (nSPS) is 26.0. The number of rotatable bonds is 3. The minimum atomic E-state index is -0.175. The molecule has 0 aromatic heterocycles. The molecule has 0 N–H and O–H groups in total. The summed E-state index contributed by atoms with van der Waals surface area (Å²) in [5, 5.41) is 0. The largest absolute Gasteiger partial charge is 0.487 e. The average Bonchev–Trinajstić information content (AvgIpc) is 2.55. The van der Waals surface area contributed by atoms with Crippen LogP contribution < -0.4 is 9.47 Å². The van der Waals surface area contributed by atoms with Crippen LogP contribution in [0.15, 0.2) is 6.07 Å². The Bertz CT molecular complexity index is 700. The van der Waals surface area contributed by atoms with Gasteiger partial charge < -0.3 is 9.47 Å². The molecule has 4 aliphatic rings. The number of benzene rings is 1. The Hall–Kier alpha value is -1.55. The number of carbonyl (C=O) groups is 1. The third-order valence-electron chi connectivity index (χ3n) is 5.98. The molecule has 0 amide bonds. The first-order valence-electron chi connectivity index (χ1n) is 9.58. The summed E-state index contributed by atoms with van der Waals surface area (Å²) in [5.74, 6) is 2.81. The molecule has 1 aromatic carbocycles. The number of ether oxygens (including phenoxy) is 2. The fourth-order valence-corrected chi connectivity index (χ4v) is 4.79. The Kier molecular flexibility index (Phi) is 4.06. The second-order valence-corrected chi connectivity index (χ2v) is 8.81. The summed E-state index contributed by atoms with van der Waals surface area (Å²) in [5.41, 5.74) is 3.74. The highest BCUT2D eigenvalue weighted by molar-refractivity contribution is 5.76. The number of aryl methyl sites for hydroxylation is 1. The molecular weight excluding hydrogens is 314 g/mol. The van der Waals surface area contributed by atoms with Gasteiger partial charge in [-0.2, -0.15) is 0 Å². The quantitative estimate of drug-likeness (QED) is 0.614. The standard InChI is InChI=1S/C21H29NO3/c1-21(2)10-9-15-11-16(24-17(23)12-22(3)4)18-13-5-7-14(8-6-13)19(18)20(15)25-21/h11,13-14H,5-10,12H2,1-4H3. The van der Waals surface area contributed by atoms with Crippen LogP contribution in [0, 0.1) is 0 Å². The van der Waals surface area contributed by atoms with E-state index in [9.17, 15) is 4.79 Å². The minimum Gasteiger partial charge on any atom is -0.487 e. The minimum absolute atomic E-state index is 0.111. The third-order valence-corrected chi connectivity index (χ3v) is 5.98. The van der Waals surface area contributed by atoms with Gasteiger partial charge in [0, 0.05) is 11.1 Å². The maximum absolute atomic E-state index is 12.3. The van der Waals surface area contributed by atoms with Crippen molar-refractivity contribution >= 4 is 5.97 Å². The SMILES string of the molecule is CN(C)CC(=O)Oc1cc2c(c3c1C1CCC3CC1)OC(C)(C)CC2. The van der Waals surface area contributed by atoms with Gasteiger partial charge in [-0.15, -0.1) is 0 Å². The fourth-order valence-electron chi connectivity index (χ4n) is 4.79. The molecule has 4 heteroatoms. The molecule has 0 atom stereocenters. The molecule has 5 rings (SSSR count). The first kappa shape index (κ1) is 16.9. The molecule has 0 unspecified atom stereocenters. The number of likely N-dealkylation sites (N-methyl/N-ethyl adjacent to an activating group) is 1. The smallest absolute Gasteiger partial charge is 0.325 e. The fraction of sp³-hybridized carbons (Fsp3) is 0.667. The van der Waals surface area contributed by atoms with Gasteiger partial charge >= 0.3 is 5.97 Å². The zero-order valence-electron chi connectivity index (χ0n) is 15.9. The molecule has 0 radical (unpaired) electrons. The maximum Gasteiger partial charge on any atom is 0.325 e. The van der Waals surface area contributed by atoms with Crippen LogP contribution in [0.1, 0.15) is 74.5 Å². The number of nitrogens with zero attached hydrogens (tertiary/aromatic N) is 1. The van der Waals surface area contributed by atoms with E-state index in [1.807, 2.05) is 19.0 Å². The van der Waals surface area contributed by atoms with Gasteiger partial charge in [-0.3, -0.25) is 9.69 Å². The topological polar surface area (TPSA) is 38.8 Å². The zero-order chi connectivity index (χ0) is 17.8. The lowest BCUT2D eigenvalue weighted by Crippen LogP contribution is -2.35. The molecular formula is C21H29NO3. The van der Waals surface area contributed by atoms with Gasteiger partial charge in [-0.25, -0.2) is 0 Å². The van der Waals surface area contributed by atoms with E-state index in [1.165, 1.54) is 42.4 Å². The molecule has 1 saturated carbocycles. The van der Waals surface area contributed by atoms with Crippen molar-refractivity contribution in [3.05, 3.63) is 22.8 Å². The maximum atomic E-state index is 12.3. The van der Waals surface area contributed by atoms with Crippen molar-refractivity contribution in [3.63, 3.8) is 0 Å². The van der Waals surface area contributed by atoms with E-state index >= 15 is 0 Å². The van der Waals surface area contributed by atoms with Gasteiger partial charge in [0.05, 0.1) is 6.54 Å². The van der Waals surface area contributed by atoms with Gasteiger partial charge in [0.25, 0.3) is 0 Å². The molecule has 136 valence electrons. The summed E-state index contributed by atoms with van der Waals surface area (Å²) >= 11 is 0. The molecule has 3 aliphatic carbocycles. The van der Waals surface area contributed by atoms with Gasteiger partial charge in [0.1, 0.15) is 17.1 Å². The van der Waals surface area contributed by atoms with Crippen LogP contribution in [-0.4, -0.2) is 37.1 Å². The van der Waals surface area contributed by atoms with Crippen LogP contribution in [0.5, 0.6) is 11.5 Å². The Balaban J connectivity index is 1.79. The second-order valence-electron chi connectivity index (χ2n) is 8.81. The summed E-state index contributed by atoms with van der Waals surface area (Å²) in [6.45, 7) is 4.66. The zero-order valence-corrected chi connectivity index (χ0v) is 15.9. The molecule has 0 spiro atoms. The lowest BCUT2D eigenvalue weighted by Gasteiger charge is -2.43. The van der Waals surface area contributed by atoms with Crippen molar-refractivity contribution in [2.24, 2.45) is 0 Å². The van der Waals surface area contributed by atoms with E-state index in [2.05, 4.69) is 19.9 Å². The summed E-state index contributed by atoms with van der Waals surface area (Å²) in [7, 11) is 3.78. The van der Waals surface area contributed by atoms with Crippen molar-refractivity contribution in [2.75, 3.05) is 20.6 Å². The third kappa shape index (κ3) is 3.05. The predicted octanol–water partition coefficient (Wildman–Crippen LogP) is 4.01. The first-order valence-corrected chi connectivity index (χ1v) is 9.58. The van der Waals surface area contributed by atoms with Crippen LogP contribution in [0.25, 0.3) is 0 Å². The Labute approximate surface area is 150 Å². The van der Waals surface area contributed by atoms with Crippen molar-refractivity contribution in [1.29, 1.82) is 0 Å². The summed E-state index contributed by atoms with van der Waals surface area (Å²) < 4.78 is 12.3. The Morgan fingerprint density at radius 2 is 1.84 bits per heavy atom. The number of esters is 1. The van der Waals surface area contributed by atoms with E-state index in [-0.39, 0.29) is 11.6 Å². The summed E-state index contributed by atoms with van der Waals surface area (Å²) in [4.78, 5) is 14.1. The van der Waals surface area contributed by atoms with Crippen molar-refractivity contribution in [2.45, 2.75) is 69.8 Å². The highest BCUT2D eigenvalue weighted by Gasteiger charge is 2.41. The molecule has 1 aromatic rings. The van der Waals surface area contributed by atoms with E-state index in [1.54, 1.807) is 0 Å². The van der Waals surface area contributed by atoms with Crippen LogP contribution in [0.4, 0.5) is 0 Å². The van der Waals surface area contributed by atoms with Crippen LogP contribution >= 0.6 is 0 Å². The van der Waals surface area contributed by atoms with Crippen LogP contribution in [0.3, 0.4) is 0 Å². The number of hydrogen-bond donors (Lipinski definition) is 0. The van der Waals surface area contributed by atoms with Crippen LogP contribution in [-0.2, 0) is 11.2 Å². The Morgan fingerprint density at radius 3 is 2.48 bits per heavy atom. The number of carbonyl (C=O) groups excluding carboxylic acids is 1. The molecule has 25 heavy (non-hydrogen) atoms. The van der Waals surface area contributed by atoms with Gasteiger partial charge in [0.2, 0.25) is 0 Å². The summed E-state index contributed by atoms with van der Waals surface area (Å²) in [6, 6.07) is 2.09. The van der Waals surface area contributed by atoms with Crippen molar-refractivity contribution in [3.8, 4) is 11.5 Å². The summed E-state index contributed by atoms with van der Waals surface area (Å²) in [6.07, 6.45) is 6.88. The highest BCUT2D eigenvalue weighted by atomic mass is 16.5. The van der Waals surface area contributed by atoms with E-state index in [0.717, 1.165) is 24.3 Å².